The molecule has 0 saturated heterocycles. The van der Waals surface area contributed by atoms with Crippen molar-refractivity contribution >= 4 is 101 Å². The minimum atomic E-state index is -1.84. The van der Waals surface area contributed by atoms with Crippen LogP contribution in [0.1, 0.15) is 111 Å². The van der Waals surface area contributed by atoms with Crippen molar-refractivity contribution in [2.75, 3.05) is 42.2 Å². The van der Waals surface area contributed by atoms with Crippen LogP contribution in [0.15, 0.2) is 71.8 Å². The SMILES string of the molecule is COC(=O)CCC1=C(CC(=O)O[C@@H](C)c2ccccc2)C(Cc2[nH]c(C(=O)OCC(Br)(Br)Br)c(CCC(=O)OC)c2CC(=O)OC)(Cc2[nH]c(C(=O)OCc3ccccc3)c(CC(=O)OC)c2CCC(=O)OC)NC1=O. The van der Waals surface area contributed by atoms with Crippen molar-refractivity contribution < 1.29 is 81.0 Å². The number of H-pyrrole nitrogens is 2. The molecule has 3 heterocycles. The van der Waals surface area contributed by atoms with E-state index >= 15 is 0 Å². The number of benzene rings is 2. The summed E-state index contributed by atoms with van der Waals surface area (Å²) in [5.41, 5.74) is 0.152. The molecule has 1 aliphatic heterocycles. The van der Waals surface area contributed by atoms with Crippen molar-refractivity contribution in [1.82, 2.24) is 15.3 Å². The van der Waals surface area contributed by atoms with Gasteiger partial charge in [-0.05, 0) is 65.1 Å². The third-order valence-electron chi connectivity index (χ3n) is 12.5. The third-order valence-corrected chi connectivity index (χ3v) is 13.2. The highest BCUT2D eigenvalue weighted by Crippen LogP contribution is 2.42. The predicted octanol–water partition coefficient (Wildman–Crippen LogP) is 6.94. The highest BCUT2D eigenvalue weighted by atomic mass is 80.0. The molecule has 76 heavy (non-hydrogen) atoms. The molecular weight excluding hydrogens is 1190 g/mol. The first-order valence-corrected chi connectivity index (χ1v) is 26.1. The number of hydrogen-bond acceptors (Lipinski definition) is 17. The van der Waals surface area contributed by atoms with Crippen molar-refractivity contribution in [3.63, 3.8) is 0 Å². The van der Waals surface area contributed by atoms with Gasteiger partial charge in [-0.15, -0.1) is 0 Å². The number of hydrogen-bond donors (Lipinski definition) is 3. The molecule has 0 fully saturated rings. The van der Waals surface area contributed by atoms with Crippen LogP contribution in [-0.2, 0) is 117 Å². The summed E-state index contributed by atoms with van der Waals surface area (Å²) in [7, 11) is 5.87. The van der Waals surface area contributed by atoms with Gasteiger partial charge in [-0.3, -0.25) is 33.6 Å². The Morgan fingerprint density at radius 3 is 1.58 bits per heavy atom. The maximum absolute atomic E-state index is 14.8. The van der Waals surface area contributed by atoms with Crippen LogP contribution in [0.3, 0.4) is 0 Å². The van der Waals surface area contributed by atoms with Crippen LogP contribution in [-0.4, -0.2) is 113 Å². The quantitative estimate of drug-likeness (QED) is 0.0326. The van der Waals surface area contributed by atoms with Crippen molar-refractivity contribution in [3.05, 3.63) is 128 Å². The molecule has 5 rings (SSSR count). The minimum absolute atomic E-state index is 0.00964. The summed E-state index contributed by atoms with van der Waals surface area (Å²) < 4.78 is 41.5. The highest BCUT2D eigenvalue weighted by molar-refractivity contribution is 9.39. The largest absolute Gasteiger partial charge is 0.469 e. The number of alkyl halides is 3. The van der Waals surface area contributed by atoms with Gasteiger partial charge in [-0.25, -0.2) is 9.59 Å². The fraction of sp³-hybridized carbons (Fsp3) is 0.415. The van der Waals surface area contributed by atoms with Crippen LogP contribution in [0.5, 0.6) is 0 Å². The average molecular weight is 1250 g/mol. The zero-order valence-corrected chi connectivity index (χ0v) is 47.4. The molecule has 1 amide bonds. The van der Waals surface area contributed by atoms with E-state index in [1.807, 2.05) is 0 Å². The number of nitrogens with one attached hydrogen (secondary N) is 3. The lowest BCUT2D eigenvalue weighted by atomic mass is 9.77. The Hall–Kier alpha value is -6.59. The molecule has 20 nitrogen and oxygen atoms in total. The third kappa shape index (κ3) is 16.5. The zero-order chi connectivity index (χ0) is 55.7. The van der Waals surface area contributed by atoms with Crippen LogP contribution < -0.4 is 5.32 Å². The monoisotopic (exact) mass is 1250 g/mol. The van der Waals surface area contributed by atoms with E-state index in [4.69, 9.17) is 37.9 Å². The first-order valence-electron chi connectivity index (χ1n) is 23.7. The first kappa shape index (κ1) is 60.3. The Labute approximate surface area is 463 Å². The highest BCUT2D eigenvalue weighted by Gasteiger charge is 2.48. The number of halogens is 3. The number of amides is 1. The molecule has 0 bridgehead atoms. The Bertz CT molecular complexity index is 2820. The van der Waals surface area contributed by atoms with E-state index in [1.165, 1.54) is 21.3 Å². The molecule has 408 valence electrons. The Balaban J connectivity index is 1.85. The number of methoxy groups -OCH3 is 5. The summed E-state index contributed by atoms with van der Waals surface area (Å²) >= 11 is 9.95. The zero-order valence-electron chi connectivity index (χ0n) is 42.6. The second kappa shape index (κ2) is 28.0. The summed E-state index contributed by atoms with van der Waals surface area (Å²) in [6.45, 7) is 1.20. The molecule has 0 aliphatic carbocycles. The van der Waals surface area contributed by atoms with Gasteiger partial charge in [0.1, 0.15) is 30.7 Å². The van der Waals surface area contributed by atoms with E-state index < -0.39 is 93.1 Å². The molecule has 2 aromatic carbocycles. The van der Waals surface area contributed by atoms with Crippen LogP contribution in [0.25, 0.3) is 0 Å². The van der Waals surface area contributed by atoms with Crippen LogP contribution in [0.2, 0.25) is 0 Å². The molecule has 1 unspecified atom stereocenters. The Morgan fingerprint density at radius 2 is 1.04 bits per heavy atom. The molecular formula is C53H58Br3N3O17. The number of carbonyl (C=O) groups excluding carboxylic acids is 9. The topological polar surface area (TPSA) is 271 Å². The van der Waals surface area contributed by atoms with Crippen LogP contribution >= 0.6 is 47.8 Å². The first-order chi connectivity index (χ1) is 36.2. The Morgan fingerprint density at radius 1 is 0.566 bits per heavy atom. The molecule has 0 radical (unpaired) electrons. The molecule has 2 aromatic heterocycles. The van der Waals surface area contributed by atoms with Gasteiger partial charge in [0.05, 0.1) is 60.4 Å². The number of aromatic nitrogens is 2. The summed E-state index contributed by atoms with van der Waals surface area (Å²) in [6.07, 6.45) is -4.55. The molecule has 23 heteroatoms. The van der Waals surface area contributed by atoms with E-state index in [9.17, 15) is 43.2 Å². The number of esters is 8. The van der Waals surface area contributed by atoms with Gasteiger partial charge in [0.25, 0.3) is 0 Å². The number of aromatic amines is 2. The van der Waals surface area contributed by atoms with E-state index in [-0.39, 0.29) is 114 Å². The summed E-state index contributed by atoms with van der Waals surface area (Å²) in [5, 5.41) is 3.08. The Kier molecular flexibility index (Phi) is 22.2. The van der Waals surface area contributed by atoms with Crippen molar-refractivity contribution in [2.45, 2.75) is 97.9 Å². The molecule has 0 spiro atoms. The molecule has 2 atom stereocenters. The normalized spacial score (nSPS) is 14.5. The van der Waals surface area contributed by atoms with E-state index in [2.05, 4.69) is 63.1 Å². The molecule has 3 N–H and O–H groups in total. The van der Waals surface area contributed by atoms with Crippen LogP contribution in [0.4, 0.5) is 0 Å². The van der Waals surface area contributed by atoms with Gasteiger partial charge in [-0.1, -0.05) is 108 Å². The lowest BCUT2D eigenvalue weighted by Gasteiger charge is -2.33. The lowest BCUT2D eigenvalue weighted by Crippen LogP contribution is -2.49. The van der Waals surface area contributed by atoms with Crippen molar-refractivity contribution in [1.29, 1.82) is 0 Å². The second-order valence-electron chi connectivity index (χ2n) is 17.4. The van der Waals surface area contributed by atoms with E-state index in [1.54, 1.807) is 67.6 Å². The van der Waals surface area contributed by atoms with Crippen molar-refractivity contribution in [2.24, 2.45) is 0 Å². The number of ether oxygens (including phenoxy) is 8. The van der Waals surface area contributed by atoms with Gasteiger partial charge >= 0.3 is 47.8 Å². The smallest absolute Gasteiger partial charge is 0.355 e. The van der Waals surface area contributed by atoms with Gasteiger partial charge in [0.2, 0.25) is 5.91 Å². The fourth-order valence-corrected chi connectivity index (χ4v) is 9.16. The summed E-state index contributed by atoms with van der Waals surface area (Å²) in [6, 6.07) is 17.7. The minimum Gasteiger partial charge on any atom is -0.469 e. The molecule has 0 saturated carbocycles. The van der Waals surface area contributed by atoms with Gasteiger partial charge in [0.15, 0.2) is 2.14 Å². The van der Waals surface area contributed by atoms with Gasteiger partial charge in [0, 0.05) is 49.1 Å². The molecule has 1 aliphatic rings. The van der Waals surface area contributed by atoms with Gasteiger partial charge < -0.3 is 53.2 Å². The predicted molar refractivity (Wildman–Crippen MR) is 281 cm³/mol. The maximum Gasteiger partial charge on any atom is 0.355 e. The standard InChI is InChI=1S/C53H58Br3N3O17/c1-30(32-15-11-8-12-16-32)76-46(65)25-38-35(19-22-43(62)71-4)49(66)59-52(38,27-40-36(23-44(63)72-5)34(18-21-42(61)70-3)47(58-40)51(68)75-29-53(54,55)56)26-39-33(17-20-41(60)69-2)37(24-45(64)73-6)48(57-39)50(67)74-28-31-13-9-7-10-14-31/h7-16,30,57-58H,17-29H2,1-6H3,(H,59,66)/t30-,52?/m0/s1. The summed E-state index contributed by atoms with van der Waals surface area (Å²) in [4.78, 5) is 129. The second-order valence-corrected chi connectivity index (χ2v) is 24.7. The van der Waals surface area contributed by atoms with Crippen LogP contribution in [0, 0.1) is 0 Å². The number of carbonyl (C=O) groups is 9. The number of rotatable bonds is 26. The van der Waals surface area contributed by atoms with E-state index in [0.29, 0.717) is 11.1 Å². The average Bonchev–Trinajstić information content (AvgIpc) is 4.01. The van der Waals surface area contributed by atoms with Gasteiger partial charge in [-0.2, -0.15) is 0 Å². The maximum atomic E-state index is 14.8. The van der Waals surface area contributed by atoms with Crippen molar-refractivity contribution in [3.8, 4) is 0 Å². The fourth-order valence-electron chi connectivity index (χ4n) is 8.82. The van der Waals surface area contributed by atoms with E-state index in [0.717, 1.165) is 14.2 Å². The summed E-state index contributed by atoms with van der Waals surface area (Å²) in [5.74, 6) is -6.85. The molecule has 4 aromatic rings. The lowest BCUT2D eigenvalue weighted by molar-refractivity contribution is -0.148.